The zero-order valence-corrected chi connectivity index (χ0v) is 13.5. The van der Waals surface area contributed by atoms with Gasteiger partial charge >= 0.3 is 0 Å². The molecule has 0 radical (unpaired) electrons. The second kappa shape index (κ2) is 8.21. The minimum atomic E-state index is 0.0694. The number of nitrogens with one attached hydrogen (secondary N) is 1. The van der Waals surface area contributed by atoms with Crippen LogP contribution in [0.5, 0.6) is 0 Å². The molecule has 2 saturated heterocycles. The molecule has 2 aliphatic rings. The number of ether oxygens (including phenoxy) is 1. The molecule has 2 fully saturated rings. The van der Waals surface area contributed by atoms with Gasteiger partial charge in [-0.15, -0.1) is 5.10 Å². The van der Waals surface area contributed by atoms with Crippen LogP contribution in [0, 0.1) is 0 Å². The number of hydrogen-bond acceptors (Lipinski definition) is 6. The summed E-state index contributed by atoms with van der Waals surface area (Å²) in [6.45, 7) is 5.27. The fraction of sp³-hybridized carbons (Fsp3) is 0.688. The molecule has 2 aliphatic heterocycles. The van der Waals surface area contributed by atoms with E-state index < -0.39 is 0 Å². The Hall–Kier alpha value is -1.73. The number of likely N-dealkylation sites (tertiary alicyclic amines) is 1. The first kappa shape index (κ1) is 16.1. The molecule has 126 valence electrons. The number of morpholine rings is 1. The van der Waals surface area contributed by atoms with Gasteiger partial charge in [-0.2, -0.15) is 5.10 Å². The Balaban J connectivity index is 1.43. The number of anilines is 1. The van der Waals surface area contributed by atoms with Crippen LogP contribution in [0.15, 0.2) is 18.3 Å². The van der Waals surface area contributed by atoms with E-state index >= 15 is 0 Å². The molecule has 0 saturated carbocycles. The van der Waals surface area contributed by atoms with Gasteiger partial charge in [0.25, 0.3) is 0 Å². The summed E-state index contributed by atoms with van der Waals surface area (Å²) in [6, 6.07) is 3.73. The first-order chi connectivity index (χ1) is 11.3. The molecule has 1 aromatic heterocycles. The van der Waals surface area contributed by atoms with Gasteiger partial charge in [-0.25, -0.2) is 0 Å². The van der Waals surface area contributed by atoms with Crippen LogP contribution in [0.4, 0.5) is 5.82 Å². The second-order valence-corrected chi connectivity index (χ2v) is 6.16. The lowest BCUT2D eigenvalue weighted by atomic mass is 10.1. The van der Waals surface area contributed by atoms with Gasteiger partial charge in [0.2, 0.25) is 5.91 Å². The highest BCUT2D eigenvalue weighted by atomic mass is 16.5. The molecule has 3 heterocycles. The zero-order chi connectivity index (χ0) is 15.9. The van der Waals surface area contributed by atoms with E-state index in [1.54, 1.807) is 6.20 Å². The van der Waals surface area contributed by atoms with Gasteiger partial charge in [0, 0.05) is 38.9 Å². The summed E-state index contributed by atoms with van der Waals surface area (Å²) >= 11 is 0. The van der Waals surface area contributed by atoms with Gasteiger partial charge in [0.05, 0.1) is 19.3 Å². The maximum Gasteiger partial charge on any atom is 0.236 e. The summed E-state index contributed by atoms with van der Waals surface area (Å²) in [7, 11) is 0. The molecule has 0 unspecified atom stereocenters. The number of hydrogen-bond donors (Lipinski definition) is 1. The van der Waals surface area contributed by atoms with Crippen LogP contribution in [0.1, 0.15) is 19.3 Å². The molecule has 1 atom stereocenters. The second-order valence-electron chi connectivity index (χ2n) is 6.16. The van der Waals surface area contributed by atoms with E-state index in [1.807, 2.05) is 17.0 Å². The summed E-state index contributed by atoms with van der Waals surface area (Å²) in [5.41, 5.74) is 0. The Kier molecular flexibility index (Phi) is 5.76. The van der Waals surface area contributed by atoms with Crippen LogP contribution in [-0.2, 0) is 9.53 Å². The quantitative estimate of drug-likeness (QED) is 0.857. The van der Waals surface area contributed by atoms with Crippen LogP contribution in [0.3, 0.4) is 0 Å². The van der Waals surface area contributed by atoms with E-state index in [9.17, 15) is 4.79 Å². The summed E-state index contributed by atoms with van der Waals surface area (Å²) in [6.07, 6.45) is 5.24. The average molecular weight is 319 g/mol. The highest BCUT2D eigenvalue weighted by molar-refractivity contribution is 5.78. The Labute approximate surface area is 137 Å². The Morgan fingerprint density at radius 1 is 1.30 bits per heavy atom. The molecule has 0 aliphatic carbocycles. The van der Waals surface area contributed by atoms with E-state index in [1.165, 1.54) is 6.42 Å². The fourth-order valence-electron chi connectivity index (χ4n) is 3.10. The molecular formula is C16H25N5O2. The Bertz CT molecular complexity index is 493. The van der Waals surface area contributed by atoms with Crippen molar-refractivity contribution in [2.45, 2.75) is 25.4 Å². The normalized spacial score (nSPS) is 22.8. The van der Waals surface area contributed by atoms with E-state index in [0.29, 0.717) is 19.7 Å². The first-order valence-electron chi connectivity index (χ1n) is 8.44. The van der Waals surface area contributed by atoms with Crippen molar-refractivity contribution in [1.82, 2.24) is 20.0 Å². The van der Waals surface area contributed by atoms with Crippen molar-refractivity contribution in [1.29, 1.82) is 0 Å². The largest absolute Gasteiger partial charge is 0.374 e. The van der Waals surface area contributed by atoms with Crippen LogP contribution < -0.4 is 5.32 Å². The summed E-state index contributed by atoms with van der Waals surface area (Å²) in [5.74, 6) is 1.00. The van der Waals surface area contributed by atoms with Crippen molar-refractivity contribution in [2.24, 2.45) is 0 Å². The molecule has 3 rings (SSSR count). The predicted molar refractivity (Wildman–Crippen MR) is 87.1 cm³/mol. The van der Waals surface area contributed by atoms with Gasteiger partial charge in [-0.1, -0.05) is 0 Å². The molecule has 7 nitrogen and oxygen atoms in total. The van der Waals surface area contributed by atoms with Gasteiger partial charge in [-0.3, -0.25) is 9.69 Å². The third-order valence-electron chi connectivity index (χ3n) is 4.37. The SMILES string of the molecule is O=C(CN1CCO[C@@H](CNc2cccnn2)C1)N1CCCCC1. The lowest BCUT2D eigenvalue weighted by molar-refractivity contribution is -0.135. The van der Waals surface area contributed by atoms with Crippen molar-refractivity contribution >= 4 is 11.7 Å². The monoisotopic (exact) mass is 319 g/mol. The summed E-state index contributed by atoms with van der Waals surface area (Å²) < 4.78 is 5.78. The standard InChI is InChI=1S/C16H25N5O2/c22-16(21-7-2-1-3-8-21)13-20-9-10-23-14(12-20)11-17-15-5-4-6-18-19-15/h4-6,14H,1-3,7-13H2,(H,17,19)/t14-/m0/s1. The number of rotatable bonds is 5. The highest BCUT2D eigenvalue weighted by Crippen LogP contribution is 2.11. The number of nitrogens with zero attached hydrogens (tertiary/aromatic N) is 4. The van der Waals surface area contributed by atoms with E-state index in [2.05, 4.69) is 20.4 Å². The van der Waals surface area contributed by atoms with Crippen molar-refractivity contribution in [3.63, 3.8) is 0 Å². The van der Waals surface area contributed by atoms with Crippen LogP contribution in [0.2, 0.25) is 0 Å². The highest BCUT2D eigenvalue weighted by Gasteiger charge is 2.24. The predicted octanol–water partition coefficient (Wildman–Crippen LogP) is 0.602. The van der Waals surface area contributed by atoms with E-state index in [4.69, 9.17) is 4.74 Å². The minimum Gasteiger partial charge on any atom is -0.374 e. The van der Waals surface area contributed by atoms with Crippen molar-refractivity contribution in [2.75, 3.05) is 51.2 Å². The fourth-order valence-corrected chi connectivity index (χ4v) is 3.10. The van der Waals surface area contributed by atoms with Gasteiger partial charge < -0.3 is 15.0 Å². The third-order valence-corrected chi connectivity index (χ3v) is 4.37. The van der Waals surface area contributed by atoms with Gasteiger partial charge in [-0.05, 0) is 31.4 Å². The molecule has 7 heteroatoms. The molecule has 23 heavy (non-hydrogen) atoms. The molecular weight excluding hydrogens is 294 g/mol. The maximum atomic E-state index is 12.4. The van der Waals surface area contributed by atoms with Crippen LogP contribution in [0.25, 0.3) is 0 Å². The first-order valence-corrected chi connectivity index (χ1v) is 8.44. The topological polar surface area (TPSA) is 70.6 Å². The van der Waals surface area contributed by atoms with Crippen molar-refractivity contribution < 1.29 is 9.53 Å². The number of aromatic nitrogens is 2. The van der Waals surface area contributed by atoms with E-state index in [0.717, 1.165) is 44.8 Å². The van der Waals surface area contributed by atoms with Crippen LogP contribution in [-0.4, -0.2) is 77.9 Å². The molecule has 0 aromatic carbocycles. The number of amides is 1. The average Bonchev–Trinajstić information content (AvgIpc) is 2.62. The Morgan fingerprint density at radius 3 is 2.96 bits per heavy atom. The lowest BCUT2D eigenvalue weighted by Gasteiger charge is -2.34. The third kappa shape index (κ3) is 4.87. The van der Waals surface area contributed by atoms with E-state index in [-0.39, 0.29) is 12.0 Å². The van der Waals surface area contributed by atoms with Crippen molar-refractivity contribution in [3.05, 3.63) is 18.3 Å². The molecule has 1 amide bonds. The van der Waals surface area contributed by atoms with Crippen molar-refractivity contribution in [3.8, 4) is 0 Å². The number of carbonyl (C=O) groups is 1. The number of carbonyl (C=O) groups excluding carboxylic acids is 1. The minimum absolute atomic E-state index is 0.0694. The van der Waals surface area contributed by atoms with Gasteiger partial charge in [0.15, 0.2) is 0 Å². The zero-order valence-electron chi connectivity index (χ0n) is 13.5. The maximum absolute atomic E-state index is 12.4. The molecule has 1 N–H and O–H groups in total. The summed E-state index contributed by atoms with van der Waals surface area (Å²) in [5, 5.41) is 11.1. The lowest BCUT2D eigenvalue weighted by Crippen LogP contribution is -2.50. The molecule has 0 spiro atoms. The Morgan fingerprint density at radius 2 is 2.17 bits per heavy atom. The molecule has 0 bridgehead atoms. The van der Waals surface area contributed by atoms with Crippen LogP contribution >= 0.6 is 0 Å². The van der Waals surface area contributed by atoms with Gasteiger partial charge in [0.1, 0.15) is 5.82 Å². The summed E-state index contributed by atoms with van der Waals surface area (Å²) in [4.78, 5) is 16.6. The smallest absolute Gasteiger partial charge is 0.236 e. The molecule has 1 aromatic rings. The number of piperidine rings is 1.